The van der Waals surface area contributed by atoms with Crippen molar-refractivity contribution in [2.75, 3.05) is 39.9 Å². The number of carbonyl (C=O) groups is 2. The summed E-state index contributed by atoms with van der Waals surface area (Å²) in [5.41, 5.74) is 0.879. The third-order valence-electron chi connectivity index (χ3n) is 5.01. The van der Waals surface area contributed by atoms with E-state index in [4.69, 9.17) is 9.47 Å². The van der Waals surface area contributed by atoms with Crippen LogP contribution in [0.5, 0.6) is 11.5 Å². The Balaban J connectivity index is 1.54. The highest BCUT2D eigenvalue weighted by molar-refractivity contribution is 5.92. The number of hydrogen-bond acceptors (Lipinski definition) is 4. The van der Waals surface area contributed by atoms with Crippen molar-refractivity contribution >= 4 is 17.9 Å². The van der Waals surface area contributed by atoms with E-state index in [9.17, 15) is 9.59 Å². The van der Waals surface area contributed by atoms with Crippen LogP contribution in [0.2, 0.25) is 0 Å². The number of amides is 2. The van der Waals surface area contributed by atoms with Gasteiger partial charge >= 0.3 is 0 Å². The molecule has 152 valence electrons. The van der Waals surface area contributed by atoms with Gasteiger partial charge in [0, 0.05) is 38.2 Å². The van der Waals surface area contributed by atoms with Crippen molar-refractivity contribution in [3.05, 3.63) is 29.8 Å². The predicted octanol–water partition coefficient (Wildman–Crippen LogP) is 2.82. The van der Waals surface area contributed by atoms with Crippen LogP contribution in [0.25, 0.3) is 6.08 Å². The summed E-state index contributed by atoms with van der Waals surface area (Å²) in [5.74, 6) is 2.26. The van der Waals surface area contributed by atoms with Crippen molar-refractivity contribution in [1.82, 2.24) is 9.80 Å². The zero-order chi connectivity index (χ0) is 20.1. The Labute approximate surface area is 167 Å². The Kier molecular flexibility index (Phi) is 6.60. The molecule has 1 aliphatic heterocycles. The zero-order valence-corrected chi connectivity index (χ0v) is 17.0. The average molecular weight is 386 g/mol. The first kappa shape index (κ1) is 20.2. The molecule has 1 aromatic rings. The summed E-state index contributed by atoms with van der Waals surface area (Å²) >= 11 is 0. The monoisotopic (exact) mass is 386 g/mol. The molecule has 1 aromatic carbocycles. The Morgan fingerprint density at radius 1 is 1.11 bits per heavy atom. The van der Waals surface area contributed by atoms with Gasteiger partial charge in [0.2, 0.25) is 11.8 Å². The molecule has 0 spiro atoms. The fourth-order valence-corrected chi connectivity index (χ4v) is 3.17. The summed E-state index contributed by atoms with van der Waals surface area (Å²) < 4.78 is 11.2. The fraction of sp³-hybridized carbons (Fsp3) is 0.545. The van der Waals surface area contributed by atoms with Crippen LogP contribution in [0.15, 0.2) is 24.3 Å². The number of nitrogens with zero attached hydrogens (tertiary/aromatic N) is 2. The van der Waals surface area contributed by atoms with Crippen LogP contribution in [-0.2, 0) is 9.59 Å². The minimum absolute atomic E-state index is 0.0300. The van der Waals surface area contributed by atoms with Crippen molar-refractivity contribution in [2.45, 2.75) is 26.7 Å². The van der Waals surface area contributed by atoms with Gasteiger partial charge < -0.3 is 19.3 Å². The molecule has 0 aromatic heterocycles. The minimum Gasteiger partial charge on any atom is -0.493 e. The van der Waals surface area contributed by atoms with E-state index in [1.54, 1.807) is 24.2 Å². The Hall–Kier alpha value is -2.50. The number of carbonyl (C=O) groups excluding carboxylic acids is 2. The second-order valence-electron chi connectivity index (χ2n) is 7.87. The van der Waals surface area contributed by atoms with Crippen molar-refractivity contribution in [3.63, 3.8) is 0 Å². The number of piperazine rings is 1. The fourth-order valence-electron chi connectivity index (χ4n) is 3.17. The van der Waals surface area contributed by atoms with Gasteiger partial charge in [-0.3, -0.25) is 9.59 Å². The molecule has 1 heterocycles. The van der Waals surface area contributed by atoms with Gasteiger partial charge in [0.05, 0.1) is 13.7 Å². The maximum Gasteiger partial charge on any atom is 0.246 e. The molecule has 0 atom stereocenters. The molecule has 6 nitrogen and oxygen atoms in total. The Morgan fingerprint density at radius 3 is 2.39 bits per heavy atom. The summed E-state index contributed by atoms with van der Waals surface area (Å²) in [6.45, 7) is 7.25. The molecule has 3 rings (SSSR count). The van der Waals surface area contributed by atoms with Gasteiger partial charge in [0.1, 0.15) is 0 Å². The predicted molar refractivity (Wildman–Crippen MR) is 108 cm³/mol. The summed E-state index contributed by atoms with van der Waals surface area (Å²) in [6.07, 6.45) is 5.41. The van der Waals surface area contributed by atoms with Gasteiger partial charge in [-0.1, -0.05) is 19.9 Å². The van der Waals surface area contributed by atoms with E-state index in [1.807, 2.05) is 23.1 Å². The van der Waals surface area contributed by atoms with E-state index < -0.39 is 0 Å². The van der Waals surface area contributed by atoms with Crippen LogP contribution in [0.1, 0.15) is 32.3 Å². The summed E-state index contributed by atoms with van der Waals surface area (Å²) in [4.78, 5) is 28.3. The number of rotatable bonds is 7. The molecule has 28 heavy (non-hydrogen) atoms. The number of methoxy groups -OCH3 is 1. The number of benzene rings is 1. The van der Waals surface area contributed by atoms with Crippen LogP contribution in [0.3, 0.4) is 0 Å². The van der Waals surface area contributed by atoms with Crippen molar-refractivity contribution in [1.29, 1.82) is 0 Å². The topological polar surface area (TPSA) is 59.1 Å². The van der Waals surface area contributed by atoms with Gasteiger partial charge in [-0.25, -0.2) is 0 Å². The lowest BCUT2D eigenvalue weighted by molar-refractivity contribution is -0.138. The third kappa shape index (κ3) is 5.27. The zero-order valence-electron chi connectivity index (χ0n) is 17.0. The van der Waals surface area contributed by atoms with Crippen molar-refractivity contribution in [3.8, 4) is 11.5 Å². The molecular weight excluding hydrogens is 356 g/mol. The SMILES string of the molecule is COc1cc(/C=C/C(=O)N2CCN(C(=O)C3CC3)CC2)ccc1OCC(C)C. The molecule has 1 aliphatic carbocycles. The highest BCUT2D eigenvalue weighted by Crippen LogP contribution is 2.31. The van der Waals surface area contributed by atoms with E-state index in [1.165, 1.54) is 0 Å². The van der Waals surface area contributed by atoms with Crippen LogP contribution >= 0.6 is 0 Å². The smallest absolute Gasteiger partial charge is 0.246 e. The highest BCUT2D eigenvalue weighted by atomic mass is 16.5. The Bertz CT molecular complexity index is 732. The van der Waals surface area contributed by atoms with Gasteiger partial charge in [0.25, 0.3) is 0 Å². The molecule has 0 bridgehead atoms. The normalized spacial score (nSPS) is 17.3. The van der Waals surface area contributed by atoms with E-state index in [0.29, 0.717) is 50.2 Å². The summed E-state index contributed by atoms with van der Waals surface area (Å²) in [7, 11) is 1.61. The maximum absolute atomic E-state index is 12.5. The van der Waals surface area contributed by atoms with Crippen LogP contribution in [-0.4, -0.2) is 61.5 Å². The lowest BCUT2D eigenvalue weighted by atomic mass is 10.1. The second-order valence-corrected chi connectivity index (χ2v) is 7.87. The molecule has 1 saturated heterocycles. The van der Waals surface area contributed by atoms with E-state index in [-0.39, 0.29) is 17.7 Å². The lowest BCUT2D eigenvalue weighted by Gasteiger charge is -2.34. The standard InChI is InChI=1S/C22H30N2O4/c1-16(2)15-28-19-8-4-17(14-20(19)27-3)5-9-21(25)23-10-12-24(13-11-23)22(26)18-6-7-18/h4-5,8-9,14,16,18H,6-7,10-13,15H2,1-3H3/b9-5+. The molecule has 0 radical (unpaired) electrons. The van der Waals surface area contributed by atoms with Crippen molar-refractivity contribution < 1.29 is 19.1 Å². The first-order valence-corrected chi connectivity index (χ1v) is 10.0. The molecule has 2 aliphatic rings. The van der Waals surface area contributed by atoms with Gasteiger partial charge in [-0.05, 0) is 42.5 Å². The molecule has 6 heteroatoms. The van der Waals surface area contributed by atoms with E-state index >= 15 is 0 Å². The molecule has 1 saturated carbocycles. The van der Waals surface area contributed by atoms with Gasteiger partial charge in [0.15, 0.2) is 11.5 Å². The lowest BCUT2D eigenvalue weighted by Crippen LogP contribution is -2.50. The van der Waals surface area contributed by atoms with Crippen LogP contribution < -0.4 is 9.47 Å². The summed E-state index contributed by atoms with van der Waals surface area (Å²) in [5, 5.41) is 0. The average Bonchev–Trinajstić information content (AvgIpc) is 3.55. The highest BCUT2D eigenvalue weighted by Gasteiger charge is 2.34. The summed E-state index contributed by atoms with van der Waals surface area (Å²) in [6, 6.07) is 5.65. The second kappa shape index (κ2) is 9.13. The number of ether oxygens (including phenoxy) is 2. The quantitative estimate of drug-likeness (QED) is 0.676. The van der Waals surface area contributed by atoms with E-state index in [0.717, 1.165) is 18.4 Å². The third-order valence-corrected chi connectivity index (χ3v) is 5.01. The molecule has 0 N–H and O–H groups in total. The molecule has 2 amide bonds. The first-order valence-electron chi connectivity index (χ1n) is 10.0. The first-order chi connectivity index (χ1) is 13.5. The van der Waals surface area contributed by atoms with Crippen LogP contribution in [0, 0.1) is 11.8 Å². The largest absolute Gasteiger partial charge is 0.493 e. The Morgan fingerprint density at radius 2 is 1.79 bits per heavy atom. The molecule has 0 unspecified atom stereocenters. The van der Waals surface area contributed by atoms with E-state index in [2.05, 4.69) is 13.8 Å². The van der Waals surface area contributed by atoms with Crippen LogP contribution in [0.4, 0.5) is 0 Å². The number of hydrogen-bond donors (Lipinski definition) is 0. The maximum atomic E-state index is 12.5. The van der Waals surface area contributed by atoms with Gasteiger partial charge in [-0.2, -0.15) is 0 Å². The molecular formula is C22H30N2O4. The molecule has 2 fully saturated rings. The van der Waals surface area contributed by atoms with Gasteiger partial charge in [-0.15, -0.1) is 0 Å². The minimum atomic E-state index is -0.0300. The van der Waals surface area contributed by atoms with Crippen molar-refractivity contribution in [2.24, 2.45) is 11.8 Å².